The summed E-state index contributed by atoms with van der Waals surface area (Å²) in [4.78, 5) is 24.9. The number of piperidine rings is 1. The minimum Gasteiger partial charge on any atom is -0.342 e. The summed E-state index contributed by atoms with van der Waals surface area (Å²) in [6, 6.07) is 7.32. The fourth-order valence-corrected chi connectivity index (χ4v) is 4.16. The van der Waals surface area contributed by atoms with Crippen LogP contribution in [0.2, 0.25) is 0 Å². The third kappa shape index (κ3) is 4.62. The number of fused-ring (bicyclic) bond motifs is 2. The van der Waals surface area contributed by atoms with Crippen molar-refractivity contribution in [3.05, 3.63) is 44.6 Å². The lowest BCUT2D eigenvalue weighted by Crippen LogP contribution is -2.47. The quantitative estimate of drug-likeness (QED) is 0.703. The fourth-order valence-electron chi connectivity index (χ4n) is 3.57. The van der Waals surface area contributed by atoms with Gasteiger partial charge >= 0.3 is 4.87 Å². The van der Waals surface area contributed by atoms with E-state index in [1.54, 1.807) is 24.4 Å². The van der Waals surface area contributed by atoms with Crippen molar-refractivity contribution in [3.63, 3.8) is 0 Å². The second kappa shape index (κ2) is 8.46. The van der Waals surface area contributed by atoms with Gasteiger partial charge in [0.2, 0.25) is 5.91 Å². The molecule has 3 atom stereocenters. The number of amides is 1. The Labute approximate surface area is 160 Å². The highest BCUT2D eigenvalue weighted by atomic mass is 32.1. The number of halogens is 1. The summed E-state index contributed by atoms with van der Waals surface area (Å²) >= 11 is 1.08. The molecule has 4 rings (SSSR count). The largest absolute Gasteiger partial charge is 0.342 e. The van der Waals surface area contributed by atoms with Crippen LogP contribution in [0.3, 0.4) is 0 Å². The van der Waals surface area contributed by atoms with Gasteiger partial charge in [-0.25, -0.2) is 4.39 Å². The number of carbonyl (C=O) groups is 1. The second-order valence-corrected chi connectivity index (χ2v) is 7.66. The van der Waals surface area contributed by atoms with Crippen molar-refractivity contribution in [2.45, 2.75) is 38.3 Å². The van der Waals surface area contributed by atoms with Crippen LogP contribution in [0.15, 0.2) is 28.4 Å². The van der Waals surface area contributed by atoms with Crippen LogP contribution in [0.1, 0.15) is 24.8 Å². The molecule has 2 bridgehead atoms. The molecule has 8 heteroatoms. The van der Waals surface area contributed by atoms with E-state index < -0.39 is 0 Å². The molecule has 1 aromatic heterocycles. The molecule has 6 nitrogen and oxygen atoms in total. The zero-order valence-corrected chi connectivity index (χ0v) is 15.7. The first-order chi connectivity index (χ1) is 13.0. The maximum atomic E-state index is 13.2. The zero-order chi connectivity index (χ0) is 19.4. The molecular weight excluding hydrogens is 367 g/mol. The average Bonchev–Trinajstić information content (AvgIpc) is 3.39. The van der Waals surface area contributed by atoms with E-state index in [1.807, 2.05) is 6.07 Å². The number of nitrogens with zero attached hydrogens (tertiary/aromatic N) is 1. The molecule has 1 saturated heterocycles. The average molecular weight is 388 g/mol. The number of thiazole rings is 1. The predicted octanol–water partition coefficient (Wildman–Crippen LogP) is 2.32. The van der Waals surface area contributed by atoms with Gasteiger partial charge in [0.15, 0.2) is 0 Å². The minimum absolute atomic E-state index is 0.00579. The van der Waals surface area contributed by atoms with E-state index in [-0.39, 0.29) is 29.2 Å². The lowest BCUT2D eigenvalue weighted by atomic mass is 9.99. The molecule has 1 aromatic carbocycles. The molecule has 1 amide bonds. The van der Waals surface area contributed by atoms with Gasteiger partial charge in [-0.1, -0.05) is 23.5 Å². The number of hydrogen-bond donors (Lipinski definition) is 3. The van der Waals surface area contributed by atoms with Gasteiger partial charge in [0.1, 0.15) is 12.4 Å². The van der Waals surface area contributed by atoms with E-state index in [1.165, 1.54) is 12.5 Å². The molecule has 2 fully saturated rings. The van der Waals surface area contributed by atoms with E-state index in [9.17, 15) is 14.0 Å². The Morgan fingerprint density at radius 3 is 2.81 bits per heavy atom. The molecule has 2 heterocycles. The Bertz CT molecular complexity index is 917. The van der Waals surface area contributed by atoms with Crippen LogP contribution in [0.4, 0.5) is 4.39 Å². The van der Waals surface area contributed by atoms with Gasteiger partial charge in [0, 0.05) is 17.0 Å². The summed E-state index contributed by atoms with van der Waals surface area (Å²) in [7, 11) is 0. The Kier molecular flexibility index (Phi) is 6.04. The standard InChI is InChI=1S/C10H8FNOS.C9H13N3O/c1-6-2-3-7(4-8(6)11)9-5-14-10(13)12-9;10-3-4-11-9(13)8-6-1-2-7(5-6)12-8/h2-5H,1H3,(H,12,13);6-8,12H,1-2,4-5H2,(H,11,13). The maximum absolute atomic E-state index is 13.2. The lowest BCUT2D eigenvalue weighted by molar-refractivity contribution is -0.123. The van der Waals surface area contributed by atoms with Gasteiger partial charge in [-0.05, 0) is 43.7 Å². The number of aryl methyl sites for hydroxylation is 1. The van der Waals surface area contributed by atoms with Crippen molar-refractivity contribution >= 4 is 17.2 Å². The van der Waals surface area contributed by atoms with Crippen LogP contribution in [-0.2, 0) is 4.79 Å². The number of benzene rings is 1. The number of H-pyrrole nitrogens is 1. The molecule has 2 aromatic rings. The molecular formula is C19H21FN4O2S. The second-order valence-electron chi connectivity index (χ2n) is 6.82. The summed E-state index contributed by atoms with van der Waals surface area (Å²) in [5, 5.41) is 15.9. The smallest absolute Gasteiger partial charge is 0.304 e. The molecule has 27 heavy (non-hydrogen) atoms. The SMILES string of the molecule is Cc1ccc(-c2csc(=O)[nH]2)cc1F.N#CCNC(=O)C1NC2CCC1C2. The molecule has 3 unspecified atom stereocenters. The highest BCUT2D eigenvalue weighted by Gasteiger charge is 2.42. The molecule has 2 aliphatic rings. The molecule has 1 saturated carbocycles. The van der Waals surface area contributed by atoms with Gasteiger partial charge in [0.05, 0.1) is 17.8 Å². The maximum Gasteiger partial charge on any atom is 0.304 e. The molecule has 1 aliphatic heterocycles. The Hall–Kier alpha value is -2.50. The van der Waals surface area contributed by atoms with Gasteiger partial charge in [0.25, 0.3) is 0 Å². The van der Waals surface area contributed by atoms with Crippen molar-refractivity contribution in [1.82, 2.24) is 15.6 Å². The number of nitrogens with one attached hydrogen (secondary N) is 3. The number of hydrogen-bond acceptors (Lipinski definition) is 5. The third-order valence-electron chi connectivity index (χ3n) is 4.99. The first-order valence-corrected chi connectivity index (χ1v) is 9.71. The van der Waals surface area contributed by atoms with Crippen LogP contribution < -0.4 is 15.5 Å². The Balaban J connectivity index is 0.000000156. The normalized spacial score (nSPS) is 22.6. The zero-order valence-electron chi connectivity index (χ0n) is 14.9. The third-order valence-corrected chi connectivity index (χ3v) is 5.66. The predicted molar refractivity (Wildman–Crippen MR) is 102 cm³/mol. The summed E-state index contributed by atoms with van der Waals surface area (Å²) in [5.74, 6) is 0.243. The van der Waals surface area contributed by atoms with E-state index in [0.29, 0.717) is 28.8 Å². The van der Waals surface area contributed by atoms with E-state index in [2.05, 4.69) is 15.6 Å². The highest BCUT2D eigenvalue weighted by molar-refractivity contribution is 7.07. The van der Waals surface area contributed by atoms with E-state index >= 15 is 0 Å². The summed E-state index contributed by atoms with van der Waals surface area (Å²) < 4.78 is 13.2. The van der Waals surface area contributed by atoms with Crippen LogP contribution in [0.5, 0.6) is 0 Å². The lowest BCUT2D eigenvalue weighted by Gasteiger charge is -2.21. The molecule has 3 N–H and O–H groups in total. The van der Waals surface area contributed by atoms with E-state index in [4.69, 9.17) is 5.26 Å². The summed E-state index contributed by atoms with van der Waals surface area (Å²) in [6.45, 7) is 1.82. The monoisotopic (exact) mass is 388 g/mol. The topological polar surface area (TPSA) is 97.8 Å². The number of aromatic amines is 1. The number of nitriles is 1. The minimum atomic E-state index is -0.255. The summed E-state index contributed by atoms with van der Waals surface area (Å²) in [6.07, 6.45) is 3.49. The van der Waals surface area contributed by atoms with Crippen molar-refractivity contribution in [2.24, 2.45) is 5.92 Å². The molecule has 1 aliphatic carbocycles. The van der Waals surface area contributed by atoms with Crippen molar-refractivity contribution in [1.29, 1.82) is 5.26 Å². The van der Waals surface area contributed by atoms with Crippen LogP contribution in [-0.4, -0.2) is 29.5 Å². The fraction of sp³-hybridized carbons (Fsp3) is 0.421. The molecule has 142 valence electrons. The van der Waals surface area contributed by atoms with Gasteiger partial charge in [-0.15, -0.1) is 0 Å². The van der Waals surface area contributed by atoms with Gasteiger partial charge < -0.3 is 15.6 Å². The van der Waals surface area contributed by atoms with Gasteiger partial charge in [-0.3, -0.25) is 9.59 Å². The first-order valence-electron chi connectivity index (χ1n) is 8.83. The number of carbonyl (C=O) groups excluding carboxylic acids is 1. The molecule has 0 spiro atoms. The van der Waals surface area contributed by atoms with E-state index in [0.717, 1.165) is 24.2 Å². The number of aromatic nitrogens is 1. The Morgan fingerprint density at radius 2 is 2.26 bits per heavy atom. The van der Waals surface area contributed by atoms with Crippen LogP contribution >= 0.6 is 11.3 Å². The van der Waals surface area contributed by atoms with Crippen molar-refractivity contribution in [3.8, 4) is 17.3 Å². The number of rotatable bonds is 3. The first kappa shape index (κ1) is 19.3. The van der Waals surface area contributed by atoms with Gasteiger partial charge in [-0.2, -0.15) is 5.26 Å². The highest BCUT2D eigenvalue weighted by Crippen LogP contribution is 2.35. The van der Waals surface area contributed by atoms with Crippen LogP contribution in [0.25, 0.3) is 11.3 Å². The van der Waals surface area contributed by atoms with Crippen molar-refractivity contribution in [2.75, 3.05) is 6.54 Å². The van der Waals surface area contributed by atoms with Crippen LogP contribution in [0, 0.1) is 30.0 Å². The van der Waals surface area contributed by atoms with Crippen molar-refractivity contribution < 1.29 is 9.18 Å². The molecule has 0 radical (unpaired) electrons. The Morgan fingerprint density at radius 1 is 1.44 bits per heavy atom. The summed E-state index contributed by atoms with van der Waals surface area (Å²) in [5.41, 5.74) is 1.97.